The molecule has 0 saturated heterocycles. The van der Waals surface area contributed by atoms with E-state index in [2.05, 4.69) is 4.74 Å². The second-order valence-electron chi connectivity index (χ2n) is 6.21. The zero-order valence-corrected chi connectivity index (χ0v) is 16.4. The van der Waals surface area contributed by atoms with Gasteiger partial charge in [-0.15, -0.1) is 0 Å². The highest BCUT2D eigenvalue weighted by atomic mass is 32.2. The van der Waals surface area contributed by atoms with Gasteiger partial charge in [0.2, 0.25) is 5.78 Å². The highest BCUT2D eigenvalue weighted by Gasteiger charge is 2.27. The largest absolute Gasteiger partial charge is 0.478 e. The van der Waals surface area contributed by atoms with Crippen LogP contribution < -0.4 is 0 Å². The maximum absolute atomic E-state index is 13.1. The van der Waals surface area contributed by atoms with Gasteiger partial charge in [0.15, 0.2) is 5.78 Å². The van der Waals surface area contributed by atoms with Crippen LogP contribution in [0.3, 0.4) is 0 Å². The fourth-order valence-electron chi connectivity index (χ4n) is 2.89. The smallest absolute Gasteiger partial charge is 0.374 e. The van der Waals surface area contributed by atoms with E-state index in [9.17, 15) is 32.7 Å². The number of carbonyl (C=O) groups excluding carboxylic acids is 3. The van der Waals surface area contributed by atoms with Gasteiger partial charge < -0.3 is 9.84 Å². The Morgan fingerprint density at radius 1 is 1.03 bits per heavy atom. The van der Waals surface area contributed by atoms with Crippen LogP contribution >= 0.6 is 0 Å². The normalized spacial score (nSPS) is 11.2. The summed E-state index contributed by atoms with van der Waals surface area (Å²) < 4.78 is 31.3. The fourth-order valence-corrected chi connectivity index (χ4v) is 4.28. The summed E-state index contributed by atoms with van der Waals surface area (Å²) in [5.74, 6) is -4.45. The first-order chi connectivity index (χ1) is 14.2. The lowest BCUT2D eigenvalue weighted by Gasteiger charge is -2.07. The molecule has 0 saturated carbocycles. The van der Waals surface area contributed by atoms with Crippen LogP contribution in [-0.2, 0) is 24.3 Å². The minimum atomic E-state index is -4.12. The molecule has 3 aromatic rings. The third-order valence-corrected chi connectivity index (χ3v) is 6.04. The molecule has 1 heterocycles. The van der Waals surface area contributed by atoms with E-state index in [0.717, 1.165) is 23.3 Å². The molecule has 2 aromatic carbocycles. The molecule has 0 amide bonds. The van der Waals surface area contributed by atoms with E-state index in [4.69, 9.17) is 0 Å². The first kappa shape index (κ1) is 20.9. The number of ketones is 2. The lowest BCUT2D eigenvalue weighted by Crippen LogP contribution is -2.19. The number of benzene rings is 2. The predicted octanol–water partition coefficient (Wildman–Crippen LogP) is 1.89. The molecule has 0 unspecified atom stereocenters. The number of hydrogen-bond donors (Lipinski definition) is 1. The molecule has 0 spiro atoms. The van der Waals surface area contributed by atoms with Crippen molar-refractivity contribution in [2.24, 2.45) is 0 Å². The molecule has 1 N–H and O–H groups in total. The van der Waals surface area contributed by atoms with Gasteiger partial charge in [-0.2, -0.15) is 0 Å². The molecule has 1 aromatic heterocycles. The highest BCUT2D eigenvalue weighted by molar-refractivity contribution is 7.90. The van der Waals surface area contributed by atoms with Crippen molar-refractivity contribution in [1.82, 2.24) is 3.97 Å². The summed E-state index contributed by atoms with van der Waals surface area (Å²) in [4.78, 5) is 47.1. The van der Waals surface area contributed by atoms with Crippen molar-refractivity contribution >= 4 is 44.4 Å². The molecule has 10 heteroatoms. The Morgan fingerprint density at radius 3 is 2.30 bits per heavy atom. The van der Waals surface area contributed by atoms with Crippen LogP contribution in [0.2, 0.25) is 0 Å². The average molecular weight is 429 g/mol. The zero-order chi connectivity index (χ0) is 22.1. The van der Waals surface area contributed by atoms with E-state index >= 15 is 0 Å². The van der Waals surface area contributed by atoms with E-state index in [1.54, 1.807) is 6.07 Å². The number of aromatic nitrogens is 1. The predicted molar refractivity (Wildman–Crippen MR) is 104 cm³/mol. The number of rotatable bonds is 7. The number of fused-ring (bicyclic) bond motifs is 1. The van der Waals surface area contributed by atoms with Crippen LogP contribution in [0.25, 0.3) is 10.9 Å². The molecule has 9 nitrogen and oxygen atoms in total. The number of Topliss-reactive ketones (excluding diaryl/α,β-unsaturated/α-hetero) is 2. The summed E-state index contributed by atoms with van der Waals surface area (Å²) in [7, 11) is -3.13. The second-order valence-corrected chi connectivity index (χ2v) is 8.02. The van der Waals surface area contributed by atoms with E-state index in [1.807, 2.05) is 0 Å². The van der Waals surface area contributed by atoms with Gasteiger partial charge in [-0.1, -0.05) is 18.2 Å². The van der Waals surface area contributed by atoms with Gasteiger partial charge in [0.25, 0.3) is 10.0 Å². The van der Waals surface area contributed by atoms with Crippen molar-refractivity contribution in [1.29, 1.82) is 0 Å². The van der Waals surface area contributed by atoms with Gasteiger partial charge in [-0.05, 0) is 30.3 Å². The summed E-state index contributed by atoms with van der Waals surface area (Å²) in [6, 6.07) is 11.0. The van der Waals surface area contributed by atoms with Crippen molar-refractivity contribution in [2.45, 2.75) is 11.3 Å². The van der Waals surface area contributed by atoms with E-state index in [0.29, 0.717) is 0 Å². The third kappa shape index (κ3) is 3.72. The number of nitrogens with zero attached hydrogens (tertiary/aromatic N) is 1. The summed E-state index contributed by atoms with van der Waals surface area (Å²) >= 11 is 0. The Bertz CT molecular complexity index is 1290. The van der Waals surface area contributed by atoms with Crippen LogP contribution in [0.15, 0.2) is 59.6 Å². The highest BCUT2D eigenvalue weighted by Crippen LogP contribution is 2.28. The number of aromatic carboxylic acids is 1. The average Bonchev–Trinajstić information content (AvgIpc) is 3.13. The van der Waals surface area contributed by atoms with Gasteiger partial charge in [-0.3, -0.25) is 9.59 Å². The van der Waals surface area contributed by atoms with Crippen molar-refractivity contribution in [2.75, 3.05) is 7.11 Å². The number of carboxylic acids is 1. The van der Waals surface area contributed by atoms with Crippen molar-refractivity contribution in [3.63, 3.8) is 0 Å². The summed E-state index contributed by atoms with van der Waals surface area (Å²) in [5, 5.41) is 9.27. The minimum absolute atomic E-state index is 0.0251. The Morgan fingerprint density at radius 2 is 1.70 bits per heavy atom. The lowest BCUT2D eigenvalue weighted by atomic mass is 10.0. The van der Waals surface area contributed by atoms with Crippen LogP contribution in [0.4, 0.5) is 0 Å². The van der Waals surface area contributed by atoms with Gasteiger partial charge in [-0.25, -0.2) is 22.0 Å². The van der Waals surface area contributed by atoms with Crippen LogP contribution in [0.1, 0.15) is 27.1 Å². The summed E-state index contributed by atoms with van der Waals surface area (Å²) in [6.45, 7) is 0. The van der Waals surface area contributed by atoms with Crippen LogP contribution in [0, 0.1) is 0 Å². The number of carbonyl (C=O) groups is 4. The molecule has 0 aliphatic carbocycles. The number of hydrogen-bond acceptors (Lipinski definition) is 7. The number of ether oxygens (including phenoxy) is 1. The minimum Gasteiger partial charge on any atom is -0.478 e. The second kappa shape index (κ2) is 7.91. The monoisotopic (exact) mass is 429 g/mol. The van der Waals surface area contributed by atoms with Gasteiger partial charge in [0, 0.05) is 17.1 Å². The van der Waals surface area contributed by atoms with Crippen molar-refractivity contribution in [3.05, 3.63) is 65.9 Å². The zero-order valence-electron chi connectivity index (χ0n) is 15.6. The first-order valence-electron chi connectivity index (χ1n) is 8.50. The van der Waals surface area contributed by atoms with Gasteiger partial charge in [0.05, 0.1) is 29.5 Å². The number of carboxylic acid groups (broad SMARTS) is 1. The molecule has 0 bridgehead atoms. The van der Waals surface area contributed by atoms with E-state index in [1.165, 1.54) is 36.4 Å². The third-order valence-electron chi connectivity index (χ3n) is 4.35. The molecular formula is C20H15NO8S. The van der Waals surface area contributed by atoms with Gasteiger partial charge in [0.1, 0.15) is 0 Å². The molecule has 30 heavy (non-hydrogen) atoms. The molecule has 3 rings (SSSR count). The summed E-state index contributed by atoms with van der Waals surface area (Å²) in [5.41, 5.74) is -0.326. The summed E-state index contributed by atoms with van der Waals surface area (Å²) in [6.07, 6.45) is 0.167. The molecule has 0 atom stereocenters. The topological polar surface area (TPSA) is 137 Å². The molecule has 0 aliphatic heterocycles. The SMILES string of the molecule is COC(=O)C(=O)CC(=O)c1cn(S(=O)(=O)c2ccccc2)c2ccc(C(=O)O)cc12. The lowest BCUT2D eigenvalue weighted by molar-refractivity contribution is -0.151. The Balaban J connectivity index is 2.21. The maximum atomic E-state index is 13.1. The molecule has 154 valence electrons. The molecule has 0 fully saturated rings. The maximum Gasteiger partial charge on any atom is 0.374 e. The fraction of sp³-hybridized carbons (Fsp3) is 0.100. The Kier molecular flexibility index (Phi) is 5.52. The molecule has 0 radical (unpaired) electrons. The number of esters is 1. The van der Waals surface area contributed by atoms with E-state index < -0.39 is 39.9 Å². The van der Waals surface area contributed by atoms with Crippen molar-refractivity contribution in [3.8, 4) is 0 Å². The first-order valence-corrected chi connectivity index (χ1v) is 9.94. The Hall–Kier alpha value is -3.79. The van der Waals surface area contributed by atoms with E-state index in [-0.39, 0.29) is 26.9 Å². The Labute approximate surface area is 170 Å². The quantitative estimate of drug-likeness (QED) is 0.260. The molecular weight excluding hydrogens is 414 g/mol. The molecule has 0 aliphatic rings. The standard InChI is InChI=1S/C20H15NO8S/c1-29-20(26)18(23)10-17(22)15-11-21(30(27,28)13-5-3-2-4-6-13)16-8-7-12(19(24)25)9-14(15)16/h2-9,11H,10H2,1H3,(H,24,25). The van der Waals surface area contributed by atoms with Gasteiger partial charge >= 0.3 is 11.9 Å². The van der Waals surface area contributed by atoms with Crippen molar-refractivity contribution < 1.29 is 37.4 Å². The van der Waals surface area contributed by atoms with Crippen LogP contribution in [0.5, 0.6) is 0 Å². The number of methoxy groups -OCH3 is 1. The van der Waals surface area contributed by atoms with Crippen LogP contribution in [-0.4, -0.2) is 48.1 Å².